The molecule has 0 aliphatic carbocycles. The third-order valence-corrected chi connectivity index (χ3v) is 3.95. The fourth-order valence-corrected chi connectivity index (χ4v) is 2.66. The van der Waals surface area contributed by atoms with E-state index in [4.69, 9.17) is 4.74 Å². The van der Waals surface area contributed by atoms with Gasteiger partial charge in [0.1, 0.15) is 18.5 Å². The predicted octanol–water partition coefficient (Wildman–Crippen LogP) is 3.06. The zero-order valence-electron chi connectivity index (χ0n) is 11.2. The summed E-state index contributed by atoms with van der Waals surface area (Å²) in [4.78, 5) is 2.35. The lowest BCUT2D eigenvalue weighted by Gasteiger charge is -2.23. The van der Waals surface area contributed by atoms with Crippen molar-refractivity contribution in [3.8, 4) is 5.75 Å². The van der Waals surface area contributed by atoms with Gasteiger partial charge in [0, 0.05) is 11.0 Å². The van der Waals surface area contributed by atoms with Crippen LogP contribution in [-0.4, -0.2) is 42.4 Å². The summed E-state index contributed by atoms with van der Waals surface area (Å²) in [7, 11) is 0. The van der Waals surface area contributed by atoms with E-state index in [1.807, 2.05) is 24.3 Å². The van der Waals surface area contributed by atoms with Gasteiger partial charge in [-0.15, -0.1) is 0 Å². The largest absolute Gasteiger partial charge is 0.491 e. The van der Waals surface area contributed by atoms with Crippen LogP contribution in [0.4, 0.5) is 0 Å². The van der Waals surface area contributed by atoms with E-state index in [9.17, 15) is 5.11 Å². The van der Waals surface area contributed by atoms with Crippen molar-refractivity contribution in [2.45, 2.75) is 31.8 Å². The molecule has 1 aliphatic heterocycles. The SMILES string of the molecule is O[C@H](COc1ccc(Br)cc1)CN1CCCCCC1. The highest BCUT2D eigenvalue weighted by Gasteiger charge is 2.14. The molecule has 4 heteroatoms. The standard InChI is InChI=1S/C15H22BrNO2/c16-13-5-7-15(8-6-13)19-12-14(18)11-17-9-3-1-2-4-10-17/h5-8,14,18H,1-4,9-12H2/t14-/m0/s1. The van der Waals surface area contributed by atoms with E-state index in [-0.39, 0.29) is 0 Å². The summed E-state index contributed by atoms with van der Waals surface area (Å²) in [5, 5.41) is 10.0. The Morgan fingerprint density at radius 3 is 2.37 bits per heavy atom. The number of likely N-dealkylation sites (tertiary alicyclic amines) is 1. The molecular formula is C15H22BrNO2. The van der Waals surface area contributed by atoms with Gasteiger partial charge in [-0.1, -0.05) is 28.8 Å². The maximum atomic E-state index is 10.0. The van der Waals surface area contributed by atoms with Gasteiger partial charge in [0.15, 0.2) is 0 Å². The second kappa shape index (κ2) is 7.88. The van der Waals surface area contributed by atoms with E-state index in [2.05, 4.69) is 20.8 Å². The number of nitrogens with zero attached hydrogens (tertiary/aromatic N) is 1. The average Bonchev–Trinajstić information content (AvgIpc) is 2.67. The fraction of sp³-hybridized carbons (Fsp3) is 0.600. The minimum absolute atomic E-state index is 0.359. The lowest BCUT2D eigenvalue weighted by molar-refractivity contribution is 0.0693. The average molecular weight is 328 g/mol. The summed E-state index contributed by atoms with van der Waals surface area (Å²) in [6, 6.07) is 7.69. The second-order valence-electron chi connectivity index (χ2n) is 5.13. The highest BCUT2D eigenvalue weighted by atomic mass is 79.9. The second-order valence-corrected chi connectivity index (χ2v) is 6.05. The molecule has 1 heterocycles. The highest BCUT2D eigenvalue weighted by molar-refractivity contribution is 9.10. The van der Waals surface area contributed by atoms with Crippen LogP contribution < -0.4 is 4.74 Å². The Kier molecular flexibility index (Phi) is 6.14. The van der Waals surface area contributed by atoms with E-state index in [0.717, 1.165) is 29.9 Å². The van der Waals surface area contributed by atoms with E-state index in [1.54, 1.807) is 0 Å². The minimum Gasteiger partial charge on any atom is -0.491 e. The van der Waals surface area contributed by atoms with Gasteiger partial charge in [-0.25, -0.2) is 0 Å². The normalized spacial score (nSPS) is 18.8. The Morgan fingerprint density at radius 2 is 1.74 bits per heavy atom. The summed E-state index contributed by atoms with van der Waals surface area (Å²) >= 11 is 3.39. The molecule has 1 atom stereocenters. The number of aliphatic hydroxyl groups is 1. The van der Waals surface area contributed by atoms with E-state index in [0.29, 0.717) is 6.61 Å². The highest BCUT2D eigenvalue weighted by Crippen LogP contribution is 2.16. The summed E-state index contributed by atoms with van der Waals surface area (Å²) in [5.41, 5.74) is 0. The van der Waals surface area contributed by atoms with Gasteiger partial charge in [-0.05, 0) is 50.2 Å². The number of aliphatic hydroxyl groups excluding tert-OH is 1. The van der Waals surface area contributed by atoms with Crippen molar-refractivity contribution in [1.82, 2.24) is 4.90 Å². The molecule has 0 saturated carbocycles. The molecule has 0 radical (unpaired) electrons. The van der Waals surface area contributed by atoms with Gasteiger partial charge in [-0.2, -0.15) is 0 Å². The first-order chi connectivity index (χ1) is 9.24. The molecule has 1 aromatic rings. The Hall–Kier alpha value is -0.580. The number of rotatable bonds is 5. The van der Waals surface area contributed by atoms with Crippen LogP contribution in [0.25, 0.3) is 0 Å². The maximum Gasteiger partial charge on any atom is 0.119 e. The zero-order valence-corrected chi connectivity index (χ0v) is 12.8. The molecule has 1 N–H and O–H groups in total. The van der Waals surface area contributed by atoms with Gasteiger partial charge in [0.25, 0.3) is 0 Å². The number of hydrogen-bond donors (Lipinski definition) is 1. The van der Waals surface area contributed by atoms with Gasteiger partial charge >= 0.3 is 0 Å². The smallest absolute Gasteiger partial charge is 0.119 e. The number of halogens is 1. The molecule has 1 saturated heterocycles. The number of hydrogen-bond acceptors (Lipinski definition) is 3. The summed E-state index contributed by atoms with van der Waals surface area (Å²) in [5.74, 6) is 0.804. The molecule has 0 unspecified atom stereocenters. The molecule has 106 valence electrons. The monoisotopic (exact) mass is 327 g/mol. The minimum atomic E-state index is -0.415. The van der Waals surface area contributed by atoms with Crippen molar-refractivity contribution in [2.24, 2.45) is 0 Å². The van der Waals surface area contributed by atoms with Crippen LogP contribution in [0.2, 0.25) is 0 Å². The molecule has 0 aromatic heterocycles. The molecule has 3 nitrogen and oxygen atoms in total. The summed E-state index contributed by atoms with van der Waals surface area (Å²) in [6.45, 7) is 3.29. The number of ether oxygens (including phenoxy) is 1. The lowest BCUT2D eigenvalue weighted by Crippen LogP contribution is -2.36. The van der Waals surface area contributed by atoms with Crippen LogP contribution >= 0.6 is 15.9 Å². The molecule has 19 heavy (non-hydrogen) atoms. The third-order valence-electron chi connectivity index (χ3n) is 3.42. The van der Waals surface area contributed by atoms with Crippen LogP contribution in [0, 0.1) is 0 Å². The summed E-state index contributed by atoms with van der Waals surface area (Å²) < 4.78 is 6.63. The van der Waals surface area contributed by atoms with Crippen molar-refractivity contribution in [3.05, 3.63) is 28.7 Å². The van der Waals surface area contributed by atoms with Gasteiger partial charge < -0.3 is 14.7 Å². The van der Waals surface area contributed by atoms with Crippen molar-refractivity contribution < 1.29 is 9.84 Å². The Balaban J connectivity index is 1.71. The fourth-order valence-electron chi connectivity index (χ4n) is 2.39. The van der Waals surface area contributed by atoms with Crippen LogP contribution in [0.3, 0.4) is 0 Å². The topological polar surface area (TPSA) is 32.7 Å². The van der Waals surface area contributed by atoms with Gasteiger partial charge in [0.2, 0.25) is 0 Å². The maximum absolute atomic E-state index is 10.0. The van der Waals surface area contributed by atoms with E-state index < -0.39 is 6.10 Å². The first-order valence-electron chi connectivity index (χ1n) is 7.03. The van der Waals surface area contributed by atoms with Crippen LogP contribution in [0.1, 0.15) is 25.7 Å². The number of benzene rings is 1. The molecular weight excluding hydrogens is 306 g/mol. The first-order valence-corrected chi connectivity index (χ1v) is 7.82. The van der Waals surface area contributed by atoms with Gasteiger partial charge in [-0.3, -0.25) is 0 Å². The van der Waals surface area contributed by atoms with E-state index >= 15 is 0 Å². The molecule has 0 spiro atoms. The molecule has 1 fully saturated rings. The quantitative estimate of drug-likeness (QED) is 0.902. The Labute approximate surface area is 123 Å². The van der Waals surface area contributed by atoms with Crippen LogP contribution in [0.15, 0.2) is 28.7 Å². The molecule has 2 rings (SSSR count). The molecule has 0 bridgehead atoms. The summed E-state index contributed by atoms with van der Waals surface area (Å²) in [6.07, 6.45) is 4.73. The van der Waals surface area contributed by atoms with Crippen LogP contribution in [0.5, 0.6) is 5.75 Å². The zero-order chi connectivity index (χ0) is 13.5. The molecule has 1 aliphatic rings. The first kappa shape index (κ1) is 14.8. The Bertz CT molecular complexity index is 361. The third kappa shape index (κ3) is 5.51. The lowest BCUT2D eigenvalue weighted by atomic mass is 10.2. The van der Waals surface area contributed by atoms with Crippen molar-refractivity contribution in [3.63, 3.8) is 0 Å². The predicted molar refractivity (Wildman–Crippen MR) is 80.6 cm³/mol. The van der Waals surface area contributed by atoms with Crippen LogP contribution in [-0.2, 0) is 0 Å². The molecule has 1 aromatic carbocycles. The van der Waals surface area contributed by atoms with Crippen molar-refractivity contribution in [1.29, 1.82) is 0 Å². The van der Waals surface area contributed by atoms with Crippen molar-refractivity contribution in [2.75, 3.05) is 26.2 Å². The van der Waals surface area contributed by atoms with Gasteiger partial charge in [0.05, 0.1) is 0 Å². The van der Waals surface area contributed by atoms with Crippen molar-refractivity contribution >= 4 is 15.9 Å². The van der Waals surface area contributed by atoms with E-state index in [1.165, 1.54) is 25.7 Å². The molecule has 0 amide bonds. The Morgan fingerprint density at radius 1 is 1.11 bits per heavy atom. The number of β-amino-alcohol motifs (C(OH)–C–C–N with tert-alkyl or cyclic N) is 1.